The minimum Gasteiger partial charge on any atom is -0.354 e. The molecule has 0 aromatic heterocycles. The zero-order valence-corrected chi connectivity index (χ0v) is 14.4. The van der Waals surface area contributed by atoms with Gasteiger partial charge in [0.15, 0.2) is 0 Å². The molecule has 1 aromatic rings. The van der Waals surface area contributed by atoms with Gasteiger partial charge in [-0.2, -0.15) is 0 Å². The van der Waals surface area contributed by atoms with Gasteiger partial charge in [-0.15, -0.1) is 0 Å². The zero-order chi connectivity index (χ0) is 16.4. The summed E-state index contributed by atoms with van der Waals surface area (Å²) in [7, 11) is 0. The molecule has 3 atom stereocenters. The Morgan fingerprint density at radius 2 is 2.13 bits per heavy atom. The van der Waals surface area contributed by atoms with Crippen molar-refractivity contribution in [2.24, 2.45) is 5.92 Å². The van der Waals surface area contributed by atoms with Gasteiger partial charge in [-0.25, -0.2) is 5.43 Å². The number of hydrogen-bond donors (Lipinski definition) is 4. The third kappa shape index (κ3) is 3.53. The fraction of sp³-hybridized carbons (Fsp3) is 0.588. The topological polar surface area (TPSA) is 65.2 Å². The van der Waals surface area contributed by atoms with E-state index in [9.17, 15) is 4.79 Å². The molecule has 2 heterocycles. The molecule has 23 heavy (non-hydrogen) atoms. The van der Waals surface area contributed by atoms with Gasteiger partial charge in [-0.05, 0) is 24.6 Å². The fourth-order valence-electron chi connectivity index (χ4n) is 3.50. The molecule has 2 aliphatic rings. The van der Waals surface area contributed by atoms with Crippen LogP contribution in [0.2, 0.25) is 5.02 Å². The third-order valence-corrected chi connectivity index (χ3v) is 5.30. The first-order valence-corrected chi connectivity index (χ1v) is 8.61. The van der Waals surface area contributed by atoms with Crippen LogP contribution < -0.4 is 21.5 Å². The van der Waals surface area contributed by atoms with E-state index in [-0.39, 0.29) is 17.4 Å². The van der Waals surface area contributed by atoms with Gasteiger partial charge in [0, 0.05) is 35.5 Å². The number of carbonyl (C=O) groups excluding carboxylic acids is 1. The van der Waals surface area contributed by atoms with Gasteiger partial charge >= 0.3 is 0 Å². The van der Waals surface area contributed by atoms with Crippen molar-refractivity contribution in [2.75, 3.05) is 19.6 Å². The molecule has 126 valence electrons. The minimum absolute atomic E-state index is 0.0498. The minimum atomic E-state index is -0.218. The number of piperidine rings is 1. The predicted molar refractivity (Wildman–Crippen MR) is 92.3 cm³/mol. The van der Waals surface area contributed by atoms with Gasteiger partial charge in [0.05, 0.1) is 0 Å². The van der Waals surface area contributed by atoms with Gasteiger partial charge < -0.3 is 10.6 Å². The number of fused-ring (bicyclic) bond motifs is 1. The molecule has 6 heteroatoms. The normalized spacial score (nSPS) is 27.5. The summed E-state index contributed by atoms with van der Waals surface area (Å²) in [5.74, 6) is 0.348. The van der Waals surface area contributed by atoms with Crippen molar-refractivity contribution < 1.29 is 4.79 Å². The molecule has 2 fully saturated rings. The molecule has 0 radical (unpaired) electrons. The van der Waals surface area contributed by atoms with Crippen LogP contribution in [0.4, 0.5) is 0 Å². The van der Waals surface area contributed by atoms with Gasteiger partial charge in [0.2, 0.25) is 5.91 Å². The average Bonchev–Trinajstić information content (AvgIpc) is 2.97. The molecule has 1 amide bonds. The van der Waals surface area contributed by atoms with Crippen molar-refractivity contribution in [1.29, 1.82) is 0 Å². The highest BCUT2D eigenvalue weighted by Crippen LogP contribution is 2.29. The Kier molecular flexibility index (Phi) is 4.92. The van der Waals surface area contributed by atoms with Crippen molar-refractivity contribution in [3.63, 3.8) is 0 Å². The second-order valence-corrected chi connectivity index (χ2v) is 7.52. The predicted octanol–water partition coefficient (Wildman–Crippen LogP) is 1.19. The quantitative estimate of drug-likeness (QED) is 0.667. The maximum atomic E-state index is 12.6. The molecule has 0 aliphatic carbocycles. The van der Waals surface area contributed by atoms with Gasteiger partial charge in [-0.1, -0.05) is 43.6 Å². The molecular weight excluding hydrogens is 312 g/mol. The Morgan fingerprint density at radius 1 is 1.35 bits per heavy atom. The van der Waals surface area contributed by atoms with Crippen LogP contribution in [0.25, 0.3) is 0 Å². The summed E-state index contributed by atoms with van der Waals surface area (Å²) < 4.78 is 0. The summed E-state index contributed by atoms with van der Waals surface area (Å²) in [4.78, 5) is 12.6. The summed E-state index contributed by atoms with van der Waals surface area (Å²) in [6.07, 6.45) is 1.05. The lowest BCUT2D eigenvalue weighted by atomic mass is 9.84. The molecule has 4 N–H and O–H groups in total. The van der Waals surface area contributed by atoms with Crippen LogP contribution in [0.5, 0.6) is 0 Å². The lowest BCUT2D eigenvalue weighted by Gasteiger charge is -2.30. The monoisotopic (exact) mass is 336 g/mol. The summed E-state index contributed by atoms with van der Waals surface area (Å²) in [6, 6.07) is 8.00. The zero-order valence-electron chi connectivity index (χ0n) is 13.7. The Morgan fingerprint density at radius 3 is 2.91 bits per heavy atom. The van der Waals surface area contributed by atoms with E-state index < -0.39 is 0 Å². The maximum absolute atomic E-state index is 12.6. The van der Waals surface area contributed by atoms with E-state index in [0.717, 1.165) is 30.1 Å². The SMILES string of the molecule is CC(C)(CNC(=O)C1NNC2CCNCC21)c1ccccc1Cl. The van der Waals surface area contributed by atoms with Gasteiger partial charge in [0.25, 0.3) is 0 Å². The van der Waals surface area contributed by atoms with Crippen LogP contribution in [-0.4, -0.2) is 37.6 Å². The highest BCUT2D eigenvalue weighted by molar-refractivity contribution is 6.31. The Labute approximate surface area is 142 Å². The molecule has 0 saturated carbocycles. The Balaban J connectivity index is 1.61. The highest BCUT2D eigenvalue weighted by Gasteiger charge is 2.41. The second-order valence-electron chi connectivity index (χ2n) is 7.11. The van der Waals surface area contributed by atoms with E-state index in [0.29, 0.717) is 18.5 Å². The lowest BCUT2D eigenvalue weighted by molar-refractivity contribution is -0.124. The first kappa shape index (κ1) is 16.7. The first-order chi connectivity index (χ1) is 11.0. The maximum Gasteiger partial charge on any atom is 0.238 e. The Bertz CT molecular complexity index is 577. The fourth-order valence-corrected chi connectivity index (χ4v) is 3.89. The average molecular weight is 337 g/mol. The Hall–Kier alpha value is -1.14. The summed E-state index contributed by atoms with van der Waals surface area (Å²) in [5.41, 5.74) is 7.25. The van der Waals surface area contributed by atoms with Crippen LogP contribution in [0.3, 0.4) is 0 Å². The summed E-state index contributed by atoms with van der Waals surface area (Å²) >= 11 is 6.30. The number of hydrazine groups is 1. The molecular formula is C17H25ClN4O. The smallest absolute Gasteiger partial charge is 0.238 e. The number of halogens is 1. The van der Waals surface area contributed by atoms with Crippen molar-refractivity contribution in [3.05, 3.63) is 34.9 Å². The molecule has 2 saturated heterocycles. The molecule has 2 aliphatic heterocycles. The number of nitrogens with one attached hydrogen (secondary N) is 4. The number of carbonyl (C=O) groups is 1. The van der Waals surface area contributed by atoms with E-state index >= 15 is 0 Å². The van der Waals surface area contributed by atoms with Crippen molar-refractivity contribution >= 4 is 17.5 Å². The van der Waals surface area contributed by atoms with E-state index in [2.05, 4.69) is 35.3 Å². The molecule has 3 rings (SSSR count). The number of hydrogen-bond acceptors (Lipinski definition) is 4. The van der Waals surface area contributed by atoms with E-state index in [1.807, 2.05) is 24.3 Å². The van der Waals surface area contributed by atoms with Crippen molar-refractivity contribution in [3.8, 4) is 0 Å². The van der Waals surface area contributed by atoms with Gasteiger partial charge in [-0.3, -0.25) is 10.2 Å². The molecule has 0 bridgehead atoms. The van der Waals surface area contributed by atoms with Crippen LogP contribution in [0.1, 0.15) is 25.8 Å². The summed E-state index contributed by atoms with van der Waals surface area (Å²) in [5, 5.41) is 7.20. The van der Waals surface area contributed by atoms with Crippen LogP contribution in [0.15, 0.2) is 24.3 Å². The van der Waals surface area contributed by atoms with Gasteiger partial charge in [0.1, 0.15) is 6.04 Å². The van der Waals surface area contributed by atoms with Crippen LogP contribution in [0, 0.1) is 5.92 Å². The van der Waals surface area contributed by atoms with E-state index in [1.54, 1.807) is 0 Å². The van der Waals surface area contributed by atoms with Crippen LogP contribution in [-0.2, 0) is 10.2 Å². The molecule has 0 spiro atoms. The lowest BCUT2D eigenvalue weighted by Crippen LogP contribution is -2.51. The molecule has 1 aromatic carbocycles. The van der Waals surface area contributed by atoms with Crippen molar-refractivity contribution in [2.45, 2.75) is 37.8 Å². The number of amides is 1. The largest absolute Gasteiger partial charge is 0.354 e. The van der Waals surface area contributed by atoms with Crippen LogP contribution >= 0.6 is 11.6 Å². The summed E-state index contributed by atoms with van der Waals surface area (Å²) in [6.45, 7) is 6.62. The second kappa shape index (κ2) is 6.77. The standard InChI is InChI=1S/C17H25ClN4O/c1-17(2,12-5-3-4-6-13(12)18)10-20-16(23)15-11-9-19-8-7-14(11)21-22-15/h3-6,11,14-15,19,21-22H,7-10H2,1-2H3,(H,20,23). The van der Waals surface area contributed by atoms with E-state index in [4.69, 9.17) is 11.6 Å². The highest BCUT2D eigenvalue weighted by atomic mass is 35.5. The first-order valence-electron chi connectivity index (χ1n) is 8.23. The number of benzene rings is 1. The van der Waals surface area contributed by atoms with E-state index in [1.165, 1.54) is 0 Å². The van der Waals surface area contributed by atoms with Crippen molar-refractivity contribution in [1.82, 2.24) is 21.5 Å². The molecule has 3 unspecified atom stereocenters. The third-order valence-electron chi connectivity index (χ3n) is 4.97. The molecule has 5 nitrogen and oxygen atoms in total. The number of rotatable bonds is 4.